The third-order valence-electron chi connectivity index (χ3n) is 14.3. The molecule has 0 N–H and O–H groups in total. The molecule has 67 heavy (non-hydrogen) atoms. The molecule has 0 bridgehead atoms. The van der Waals surface area contributed by atoms with Gasteiger partial charge in [-0.2, -0.15) is 0 Å². The van der Waals surface area contributed by atoms with Crippen LogP contribution in [-0.2, 0) is 0 Å². The Morgan fingerprint density at radius 2 is 0.806 bits per heavy atom. The van der Waals surface area contributed by atoms with Gasteiger partial charge in [-0.1, -0.05) is 238 Å². The lowest BCUT2D eigenvalue weighted by atomic mass is 9.80. The summed E-state index contributed by atoms with van der Waals surface area (Å²) in [6.45, 7) is 0. The molecule has 0 heterocycles. The third-order valence-corrected chi connectivity index (χ3v) is 14.3. The van der Waals surface area contributed by atoms with Crippen molar-refractivity contribution in [1.82, 2.24) is 0 Å². The molecule has 0 unspecified atom stereocenters. The smallest absolute Gasteiger partial charge is 0.0540 e. The lowest BCUT2D eigenvalue weighted by Gasteiger charge is -2.31. The number of hydrogen-bond acceptors (Lipinski definition) is 1. The summed E-state index contributed by atoms with van der Waals surface area (Å²) in [6, 6.07) is 90.0. The minimum absolute atomic E-state index is 0.562. The van der Waals surface area contributed by atoms with Crippen LogP contribution in [0.5, 0.6) is 0 Å². The lowest BCUT2D eigenvalue weighted by Crippen LogP contribution is -2.13. The summed E-state index contributed by atoms with van der Waals surface area (Å²) in [5, 5.41) is 7.74. The first-order chi connectivity index (χ1) is 33.3. The van der Waals surface area contributed by atoms with Crippen LogP contribution in [0.25, 0.3) is 88.0 Å². The predicted octanol–water partition coefficient (Wildman–Crippen LogP) is 19.0. The fourth-order valence-electron chi connectivity index (χ4n) is 11.2. The Bertz CT molecular complexity index is 3570. The van der Waals surface area contributed by atoms with E-state index in [9.17, 15) is 0 Å². The average molecular weight is 858 g/mol. The number of benzene rings is 11. The van der Waals surface area contributed by atoms with Gasteiger partial charge in [-0.3, -0.25) is 0 Å². The third kappa shape index (κ3) is 7.47. The predicted molar refractivity (Wildman–Crippen MR) is 287 cm³/mol. The van der Waals surface area contributed by atoms with Crippen LogP contribution in [0, 0.1) is 0 Å². The molecular formula is C66H51N. The van der Waals surface area contributed by atoms with Crippen LogP contribution in [0.3, 0.4) is 0 Å². The van der Waals surface area contributed by atoms with Gasteiger partial charge in [0.1, 0.15) is 0 Å². The fraction of sp³-hybridized carbons (Fsp3) is 0.0909. The van der Waals surface area contributed by atoms with Gasteiger partial charge in [0.05, 0.1) is 11.4 Å². The number of anilines is 3. The summed E-state index contributed by atoms with van der Waals surface area (Å²) < 4.78 is 0. The second-order valence-electron chi connectivity index (χ2n) is 18.2. The maximum Gasteiger partial charge on any atom is 0.0540 e. The van der Waals surface area contributed by atoms with Crippen LogP contribution < -0.4 is 4.90 Å². The van der Waals surface area contributed by atoms with Gasteiger partial charge in [-0.25, -0.2) is 0 Å². The standard InChI is InChI=1S/C66H51N/c1-3-21-46(22-4-1)52-31-9-10-32-56(52)58-33-11-12-34-59(58)61-35-13-15-41-64(61)67(51-29-17-28-50(45-51)54-37-20-39-57-53-30-8-7-25-48(53)43-44-60(54)57)65-42-16-14-36-62(65)63-40-19-27-49-26-18-38-55(66(49)63)47-23-5-2-6-24-47/h1,3-4,7-22,25-45,47H,2,5-6,23-24H2. The molecule has 1 aliphatic carbocycles. The molecular weight excluding hydrogens is 807 g/mol. The molecule has 1 fully saturated rings. The van der Waals surface area contributed by atoms with E-state index < -0.39 is 0 Å². The van der Waals surface area contributed by atoms with Crippen LogP contribution in [0.15, 0.2) is 243 Å². The van der Waals surface area contributed by atoms with E-state index in [1.54, 1.807) is 0 Å². The van der Waals surface area contributed by atoms with Gasteiger partial charge >= 0.3 is 0 Å². The fourth-order valence-corrected chi connectivity index (χ4v) is 11.2. The van der Waals surface area contributed by atoms with Gasteiger partial charge in [0.25, 0.3) is 0 Å². The quantitative estimate of drug-likeness (QED) is 0.131. The average Bonchev–Trinajstić information content (AvgIpc) is 3.41. The van der Waals surface area contributed by atoms with Gasteiger partial charge in [-0.15, -0.1) is 0 Å². The molecule has 0 spiro atoms. The Balaban J connectivity index is 1.10. The summed E-state index contributed by atoms with van der Waals surface area (Å²) in [5.74, 6) is 0.562. The normalized spacial score (nSPS) is 13.0. The highest BCUT2D eigenvalue weighted by Crippen LogP contribution is 2.50. The van der Waals surface area contributed by atoms with E-state index in [0.717, 1.165) is 17.1 Å². The maximum atomic E-state index is 2.54. The van der Waals surface area contributed by atoms with Crippen LogP contribution in [-0.4, -0.2) is 0 Å². The number of para-hydroxylation sites is 2. The number of hydrogen-bond donors (Lipinski definition) is 0. The number of fused-ring (bicyclic) bond motifs is 4. The largest absolute Gasteiger partial charge is 0.309 e. The highest BCUT2D eigenvalue weighted by molar-refractivity contribution is 6.12. The van der Waals surface area contributed by atoms with E-state index in [2.05, 4.69) is 248 Å². The van der Waals surface area contributed by atoms with E-state index in [1.807, 2.05) is 0 Å². The van der Waals surface area contributed by atoms with Crippen molar-refractivity contribution in [2.45, 2.75) is 38.0 Å². The van der Waals surface area contributed by atoms with Crippen molar-refractivity contribution >= 4 is 49.4 Å². The number of nitrogens with zero attached hydrogens (tertiary/aromatic N) is 1. The molecule has 12 rings (SSSR count). The minimum Gasteiger partial charge on any atom is -0.309 e. The lowest BCUT2D eigenvalue weighted by molar-refractivity contribution is 0.445. The van der Waals surface area contributed by atoms with E-state index >= 15 is 0 Å². The Morgan fingerprint density at radius 1 is 0.299 bits per heavy atom. The van der Waals surface area contributed by atoms with Crippen molar-refractivity contribution in [1.29, 1.82) is 0 Å². The van der Waals surface area contributed by atoms with E-state index in [1.165, 1.54) is 126 Å². The Kier molecular flexibility index (Phi) is 10.7. The zero-order valence-corrected chi connectivity index (χ0v) is 37.7. The van der Waals surface area contributed by atoms with E-state index in [-0.39, 0.29) is 0 Å². The SMILES string of the molecule is c1ccc(-c2ccccc2-c2ccccc2-c2ccccc2N(c2cccc(-c3cccc4c3ccc3ccccc34)c2)c2ccccc2-c2cccc3cccc(C4CCCCC4)c23)cc1. The molecule has 11 aromatic rings. The van der Waals surface area contributed by atoms with Crippen LogP contribution in [0.1, 0.15) is 43.6 Å². The molecule has 1 heteroatoms. The second-order valence-corrected chi connectivity index (χ2v) is 18.2. The number of rotatable bonds is 9. The van der Waals surface area contributed by atoms with Crippen molar-refractivity contribution in [3.8, 4) is 55.6 Å². The zero-order chi connectivity index (χ0) is 44.5. The van der Waals surface area contributed by atoms with Crippen molar-refractivity contribution in [2.24, 2.45) is 0 Å². The maximum absolute atomic E-state index is 2.54. The van der Waals surface area contributed by atoms with Gasteiger partial charge in [0, 0.05) is 16.8 Å². The molecule has 0 amide bonds. The minimum atomic E-state index is 0.562. The van der Waals surface area contributed by atoms with Crippen molar-refractivity contribution in [3.05, 3.63) is 248 Å². The molecule has 11 aromatic carbocycles. The molecule has 0 aromatic heterocycles. The van der Waals surface area contributed by atoms with Gasteiger partial charge in [0.2, 0.25) is 0 Å². The molecule has 0 atom stereocenters. The Morgan fingerprint density at radius 3 is 1.57 bits per heavy atom. The Labute approximate surface area is 394 Å². The van der Waals surface area contributed by atoms with Gasteiger partial charge in [-0.05, 0) is 125 Å². The van der Waals surface area contributed by atoms with Gasteiger partial charge < -0.3 is 4.90 Å². The monoisotopic (exact) mass is 857 g/mol. The summed E-state index contributed by atoms with van der Waals surface area (Å²) in [4.78, 5) is 2.54. The van der Waals surface area contributed by atoms with E-state index in [0.29, 0.717) is 5.92 Å². The van der Waals surface area contributed by atoms with Crippen molar-refractivity contribution in [3.63, 3.8) is 0 Å². The molecule has 0 aliphatic heterocycles. The molecule has 320 valence electrons. The summed E-state index contributed by atoms with van der Waals surface area (Å²) in [7, 11) is 0. The zero-order valence-electron chi connectivity index (χ0n) is 37.7. The van der Waals surface area contributed by atoms with Gasteiger partial charge in [0.15, 0.2) is 0 Å². The van der Waals surface area contributed by atoms with E-state index in [4.69, 9.17) is 0 Å². The summed E-state index contributed by atoms with van der Waals surface area (Å²) >= 11 is 0. The molecule has 0 radical (unpaired) electrons. The first-order valence-corrected chi connectivity index (χ1v) is 24.0. The van der Waals surface area contributed by atoms with Crippen LogP contribution in [0.4, 0.5) is 17.1 Å². The Hall–Kier alpha value is -8.00. The van der Waals surface area contributed by atoms with Crippen molar-refractivity contribution < 1.29 is 0 Å². The second kappa shape index (κ2) is 17.8. The first-order valence-electron chi connectivity index (χ1n) is 24.0. The highest BCUT2D eigenvalue weighted by atomic mass is 15.1. The van der Waals surface area contributed by atoms with Crippen LogP contribution in [0.2, 0.25) is 0 Å². The topological polar surface area (TPSA) is 3.24 Å². The first kappa shape index (κ1) is 40.5. The summed E-state index contributed by atoms with van der Waals surface area (Å²) in [5.41, 5.74) is 16.9. The highest BCUT2D eigenvalue weighted by Gasteiger charge is 2.25. The molecule has 1 nitrogen and oxygen atoms in total. The van der Waals surface area contributed by atoms with Crippen LogP contribution >= 0.6 is 0 Å². The van der Waals surface area contributed by atoms with Crippen molar-refractivity contribution in [2.75, 3.05) is 4.90 Å². The molecule has 1 saturated carbocycles. The molecule has 0 saturated heterocycles. The molecule has 1 aliphatic rings. The summed E-state index contributed by atoms with van der Waals surface area (Å²) in [6.07, 6.45) is 6.42.